The molecule has 0 aliphatic carbocycles. The quantitative estimate of drug-likeness (QED) is 0.274. The van der Waals surface area contributed by atoms with Gasteiger partial charge in [-0.2, -0.15) is 0 Å². The Morgan fingerprint density at radius 2 is 1.65 bits per heavy atom. The SMILES string of the molecule is CCNC(=O)C(CC)N(Cc1ccc(Cl)c(Cl)c1)C(=O)CN(c1cc(Cl)ccc1OC)S(=O)(=O)c1ccccc1. The van der Waals surface area contributed by atoms with Crippen molar-refractivity contribution in [1.29, 1.82) is 0 Å². The average molecular weight is 627 g/mol. The zero-order valence-electron chi connectivity index (χ0n) is 22.2. The summed E-state index contributed by atoms with van der Waals surface area (Å²) in [5.41, 5.74) is 0.691. The third kappa shape index (κ3) is 7.40. The summed E-state index contributed by atoms with van der Waals surface area (Å²) in [7, 11) is -2.88. The van der Waals surface area contributed by atoms with Crippen LogP contribution in [0.1, 0.15) is 25.8 Å². The van der Waals surface area contributed by atoms with Crippen molar-refractivity contribution in [1.82, 2.24) is 10.2 Å². The monoisotopic (exact) mass is 625 g/mol. The highest BCUT2D eigenvalue weighted by Gasteiger charge is 2.34. The van der Waals surface area contributed by atoms with Gasteiger partial charge in [0.2, 0.25) is 11.8 Å². The number of nitrogens with zero attached hydrogens (tertiary/aromatic N) is 2. The van der Waals surface area contributed by atoms with E-state index in [1.807, 2.05) is 0 Å². The summed E-state index contributed by atoms with van der Waals surface area (Å²) in [5, 5.41) is 3.63. The number of likely N-dealkylation sites (N-methyl/N-ethyl adjacent to an activating group) is 1. The van der Waals surface area contributed by atoms with Crippen LogP contribution >= 0.6 is 34.8 Å². The van der Waals surface area contributed by atoms with Gasteiger partial charge in [0.1, 0.15) is 18.3 Å². The van der Waals surface area contributed by atoms with Gasteiger partial charge in [-0.05, 0) is 61.4 Å². The third-order valence-corrected chi connectivity index (χ3v) is 8.84. The number of hydrogen-bond acceptors (Lipinski definition) is 5. The molecule has 8 nitrogen and oxygen atoms in total. The molecule has 40 heavy (non-hydrogen) atoms. The maximum Gasteiger partial charge on any atom is 0.264 e. The standard InChI is InChI=1S/C28H30Cl3N3O5S/c1-4-24(28(36)32-5-2)33(17-19-11-13-22(30)23(31)15-19)27(35)18-34(25-16-20(29)12-14-26(25)39-3)40(37,38)21-9-7-6-8-10-21/h6-16,24H,4-5,17-18H2,1-3H3,(H,32,36). The van der Waals surface area contributed by atoms with Gasteiger partial charge in [0.05, 0.1) is 27.7 Å². The number of rotatable bonds is 12. The molecule has 3 aromatic rings. The van der Waals surface area contributed by atoms with Crippen LogP contribution in [-0.4, -0.2) is 51.4 Å². The molecular formula is C28H30Cl3N3O5S. The van der Waals surface area contributed by atoms with Gasteiger partial charge in [0.25, 0.3) is 10.0 Å². The van der Waals surface area contributed by atoms with E-state index >= 15 is 0 Å². The topological polar surface area (TPSA) is 96.0 Å². The molecular weight excluding hydrogens is 597 g/mol. The number of benzene rings is 3. The van der Waals surface area contributed by atoms with E-state index in [4.69, 9.17) is 39.5 Å². The molecule has 0 aliphatic heterocycles. The Hall–Kier alpha value is -2.98. The average Bonchev–Trinajstić information content (AvgIpc) is 2.94. The second kappa shape index (κ2) is 14.1. The van der Waals surface area contributed by atoms with E-state index in [0.717, 1.165) is 4.31 Å². The van der Waals surface area contributed by atoms with E-state index in [1.165, 1.54) is 36.3 Å². The molecule has 214 valence electrons. The minimum Gasteiger partial charge on any atom is -0.495 e. The minimum absolute atomic E-state index is 0.0166. The molecule has 0 radical (unpaired) electrons. The fourth-order valence-corrected chi connectivity index (χ4v) is 6.06. The Morgan fingerprint density at radius 3 is 2.25 bits per heavy atom. The molecule has 1 N–H and O–H groups in total. The molecule has 1 unspecified atom stereocenters. The van der Waals surface area contributed by atoms with Crippen molar-refractivity contribution in [2.75, 3.05) is 24.5 Å². The van der Waals surface area contributed by atoms with Crippen LogP contribution < -0.4 is 14.4 Å². The smallest absolute Gasteiger partial charge is 0.264 e. The predicted molar refractivity (Wildman–Crippen MR) is 159 cm³/mol. The molecule has 0 bridgehead atoms. The zero-order valence-corrected chi connectivity index (χ0v) is 25.3. The molecule has 0 saturated carbocycles. The first-order valence-electron chi connectivity index (χ1n) is 12.5. The number of nitrogens with one attached hydrogen (secondary N) is 1. The molecule has 12 heteroatoms. The first-order chi connectivity index (χ1) is 19.0. The van der Waals surface area contributed by atoms with Crippen molar-refractivity contribution in [3.63, 3.8) is 0 Å². The van der Waals surface area contributed by atoms with Crippen LogP contribution in [0.5, 0.6) is 5.75 Å². The largest absolute Gasteiger partial charge is 0.495 e. The van der Waals surface area contributed by atoms with Gasteiger partial charge in [-0.3, -0.25) is 13.9 Å². The van der Waals surface area contributed by atoms with Gasteiger partial charge in [-0.15, -0.1) is 0 Å². The van der Waals surface area contributed by atoms with E-state index in [-0.39, 0.29) is 45.3 Å². The van der Waals surface area contributed by atoms with Crippen molar-refractivity contribution in [2.45, 2.75) is 37.8 Å². The lowest BCUT2D eigenvalue weighted by Crippen LogP contribution is -2.52. The summed E-state index contributed by atoms with van der Waals surface area (Å²) < 4.78 is 34.2. The number of halogens is 3. The number of hydrogen-bond donors (Lipinski definition) is 1. The van der Waals surface area contributed by atoms with Crippen LogP contribution in [-0.2, 0) is 26.2 Å². The number of amides is 2. The fraction of sp³-hybridized carbons (Fsp3) is 0.286. The number of sulfonamides is 1. The van der Waals surface area contributed by atoms with Gasteiger partial charge in [0, 0.05) is 18.1 Å². The molecule has 0 aliphatic rings. The van der Waals surface area contributed by atoms with Gasteiger partial charge in [0.15, 0.2) is 0 Å². The van der Waals surface area contributed by atoms with Crippen molar-refractivity contribution in [3.8, 4) is 5.75 Å². The fourth-order valence-electron chi connectivity index (χ4n) is 4.14. The Morgan fingerprint density at radius 1 is 0.950 bits per heavy atom. The van der Waals surface area contributed by atoms with Crippen molar-refractivity contribution in [2.24, 2.45) is 0 Å². The van der Waals surface area contributed by atoms with Crippen LogP contribution in [0.25, 0.3) is 0 Å². The van der Waals surface area contributed by atoms with Crippen LogP contribution in [0.4, 0.5) is 5.69 Å². The zero-order chi connectivity index (χ0) is 29.4. The number of ether oxygens (including phenoxy) is 1. The summed E-state index contributed by atoms with van der Waals surface area (Å²) in [4.78, 5) is 28.4. The summed E-state index contributed by atoms with van der Waals surface area (Å²) in [5.74, 6) is -0.787. The number of carbonyl (C=O) groups excluding carboxylic acids is 2. The van der Waals surface area contributed by atoms with Gasteiger partial charge in [-0.1, -0.05) is 66.0 Å². The van der Waals surface area contributed by atoms with E-state index in [1.54, 1.807) is 56.3 Å². The molecule has 0 saturated heterocycles. The van der Waals surface area contributed by atoms with E-state index in [0.29, 0.717) is 17.1 Å². The first-order valence-corrected chi connectivity index (χ1v) is 15.0. The number of methoxy groups -OCH3 is 1. The van der Waals surface area contributed by atoms with Crippen molar-refractivity contribution >= 4 is 62.3 Å². The lowest BCUT2D eigenvalue weighted by molar-refractivity contribution is -0.140. The maximum absolute atomic E-state index is 14.1. The predicted octanol–water partition coefficient (Wildman–Crippen LogP) is 5.79. The lowest BCUT2D eigenvalue weighted by atomic mass is 10.1. The molecule has 0 fully saturated rings. The van der Waals surface area contributed by atoms with Gasteiger partial charge in [-0.25, -0.2) is 8.42 Å². The minimum atomic E-state index is -4.27. The normalized spacial score (nSPS) is 11.9. The molecule has 0 aromatic heterocycles. The molecule has 2 amide bonds. The lowest BCUT2D eigenvalue weighted by Gasteiger charge is -2.33. The molecule has 0 spiro atoms. The summed E-state index contributed by atoms with van der Waals surface area (Å²) in [6.07, 6.45) is 0.283. The third-order valence-electron chi connectivity index (χ3n) is 6.09. The molecule has 1 atom stereocenters. The summed E-state index contributed by atoms with van der Waals surface area (Å²) >= 11 is 18.5. The highest BCUT2D eigenvalue weighted by Crippen LogP contribution is 2.35. The van der Waals surface area contributed by atoms with Crippen molar-refractivity contribution in [3.05, 3.63) is 87.4 Å². The second-order valence-corrected chi connectivity index (χ2v) is 11.8. The van der Waals surface area contributed by atoms with Crippen LogP contribution in [0.3, 0.4) is 0 Å². The Balaban J connectivity index is 2.13. The van der Waals surface area contributed by atoms with Crippen LogP contribution in [0.2, 0.25) is 15.1 Å². The summed E-state index contributed by atoms with van der Waals surface area (Å²) in [6, 6.07) is 16.2. The van der Waals surface area contributed by atoms with Crippen molar-refractivity contribution < 1.29 is 22.7 Å². The van der Waals surface area contributed by atoms with E-state index < -0.39 is 28.5 Å². The summed E-state index contributed by atoms with van der Waals surface area (Å²) in [6.45, 7) is 3.25. The van der Waals surface area contributed by atoms with Gasteiger partial charge >= 0.3 is 0 Å². The Labute approximate surface area is 249 Å². The van der Waals surface area contributed by atoms with Gasteiger partial charge < -0.3 is 15.0 Å². The Kier molecular flexibility index (Phi) is 11.1. The maximum atomic E-state index is 14.1. The van der Waals surface area contributed by atoms with E-state index in [9.17, 15) is 18.0 Å². The molecule has 3 rings (SSSR count). The van der Waals surface area contributed by atoms with Crippen LogP contribution in [0, 0.1) is 0 Å². The number of carbonyl (C=O) groups is 2. The molecule has 0 heterocycles. The first kappa shape index (κ1) is 31.5. The Bertz CT molecular complexity index is 1450. The van der Waals surface area contributed by atoms with E-state index in [2.05, 4.69) is 5.32 Å². The number of anilines is 1. The van der Waals surface area contributed by atoms with Crippen LogP contribution in [0.15, 0.2) is 71.6 Å². The highest BCUT2D eigenvalue weighted by molar-refractivity contribution is 7.92. The molecule has 3 aromatic carbocycles. The highest BCUT2D eigenvalue weighted by atomic mass is 35.5. The second-order valence-electron chi connectivity index (χ2n) is 8.73.